The van der Waals surface area contributed by atoms with E-state index in [4.69, 9.17) is 4.74 Å². The number of benzene rings is 2. The Bertz CT molecular complexity index is 958. The summed E-state index contributed by atoms with van der Waals surface area (Å²) in [6.45, 7) is 5.62. The number of rotatable bonds is 10. The van der Waals surface area contributed by atoms with E-state index in [0.717, 1.165) is 28.7 Å². The number of fused-ring (bicyclic) bond motifs is 3. The fraction of sp³-hybridized carbons (Fsp3) is 0.423. The van der Waals surface area contributed by atoms with E-state index in [1.807, 2.05) is 31.2 Å². The second-order valence-corrected chi connectivity index (χ2v) is 8.79. The Morgan fingerprint density at radius 1 is 0.970 bits per heavy atom. The Morgan fingerprint density at radius 3 is 2.06 bits per heavy atom. The average molecular weight is 453 g/mol. The van der Waals surface area contributed by atoms with E-state index >= 15 is 0 Å². The summed E-state index contributed by atoms with van der Waals surface area (Å²) in [5, 5.41) is 14.6. The topological polar surface area (TPSA) is 105 Å². The zero-order valence-corrected chi connectivity index (χ0v) is 19.3. The van der Waals surface area contributed by atoms with Crippen molar-refractivity contribution in [2.45, 2.75) is 58.0 Å². The van der Waals surface area contributed by atoms with Gasteiger partial charge in [-0.1, -0.05) is 75.7 Å². The maximum Gasteiger partial charge on any atom is 0.407 e. The highest BCUT2D eigenvalue weighted by Gasteiger charge is 2.30. The summed E-state index contributed by atoms with van der Waals surface area (Å²) in [5.74, 6) is -1.77. The van der Waals surface area contributed by atoms with Crippen LogP contribution < -0.4 is 10.6 Å². The number of carbonyl (C=O) groups is 3. The molecule has 2 atom stereocenters. The first kappa shape index (κ1) is 24.3. The fourth-order valence-corrected chi connectivity index (χ4v) is 4.35. The van der Waals surface area contributed by atoms with Crippen molar-refractivity contribution in [3.05, 3.63) is 59.7 Å². The van der Waals surface area contributed by atoms with Gasteiger partial charge >= 0.3 is 12.1 Å². The number of carboxylic acid groups (broad SMARTS) is 1. The quantitative estimate of drug-likeness (QED) is 0.498. The molecule has 0 radical (unpaired) electrons. The number of hydrogen-bond acceptors (Lipinski definition) is 4. The van der Waals surface area contributed by atoms with Crippen LogP contribution in [0.2, 0.25) is 0 Å². The van der Waals surface area contributed by atoms with E-state index < -0.39 is 30.1 Å². The number of ether oxygens (including phenoxy) is 1. The van der Waals surface area contributed by atoms with Gasteiger partial charge in [0, 0.05) is 18.4 Å². The molecular weight excluding hydrogens is 420 g/mol. The van der Waals surface area contributed by atoms with Crippen molar-refractivity contribution in [1.82, 2.24) is 10.6 Å². The summed E-state index contributed by atoms with van der Waals surface area (Å²) in [6, 6.07) is 14.8. The maximum absolute atomic E-state index is 12.6. The van der Waals surface area contributed by atoms with Crippen LogP contribution in [0, 0.1) is 5.92 Å². The highest BCUT2D eigenvalue weighted by atomic mass is 16.5. The van der Waals surface area contributed by atoms with Gasteiger partial charge in [-0.2, -0.15) is 0 Å². The smallest absolute Gasteiger partial charge is 0.407 e. The van der Waals surface area contributed by atoms with Crippen LogP contribution in [0.15, 0.2) is 48.5 Å². The van der Waals surface area contributed by atoms with Crippen molar-refractivity contribution in [3.63, 3.8) is 0 Å². The van der Waals surface area contributed by atoms with Crippen LogP contribution in [-0.4, -0.2) is 41.8 Å². The molecule has 3 rings (SSSR count). The van der Waals surface area contributed by atoms with Crippen LogP contribution in [0.1, 0.15) is 57.1 Å². The number of carbonyl (C=O) groups excluding carboxylic acids is 2. The van der Waals surface area contributed by atoms with Crippen LogP contribution in [0.25, 0.3) is 11.1 Å². The molecule has 1 aliphatic rings. The van der Waals surface area contributed by atoms with Gasteiger partial charge in [-0.15, -0.1) is 0 Å². The molecule has 7 nitrogen and oxygen atoms in total. The van der Waals surface area contributed by atoms with Gasteiger partial charge in [0.15, 0.2) is 0 Å². The number of alkyl carbamates (subject to hydrolysis) is 1. The summed E-state index contributed by atoms with van der Waals surface area (Å²) >= 11 is 0. The molecule has 0 aromatic heterocycles. The molecule has 0 aliphatic heterocycles. The molecule has 2 amide bonds. The van der Waals surface area contributed by atoms with Crippen molar-refractivity contribution in [2.24, 2.45) is 5.92 Å². The van der Waals surface area contributed by atoms with Gasteiger partial charge in [0.1, 0.15) is 12.6 Å². The van der Waals surface area contributed by atoms with Gasteiger partial charge in [0.05, 0.1) is 0 Å². The number of aliphatic carboxylic acids is 1. The van der Waals surface area contributed by atoms with E-state index in [9.17, 15) is 19.5 Å². The van der Waals surface area contributed by atoms with Gasteiger partial charge in [-0.3, -0.25) is 4.79 Å². The summed E-state index contributed by atoms with van der Waals surface area (Å²) in [4.78, 5) is 36.3. The molecule has 0 fully saturated rings. The van der Waals surface area contributed by atoms with Crippen LogP contribution in [0.4, 0.5) is 4.79 Å². The highest BCUT2D eigenvalue weighted by Crippen LogP contribution is 2.44. The van der Waals surface area contributed by atoms with E-state index in [1.165, 1.54) is 0 Å². The van der Waals surface area contributed by atoms with Gasteiger partial charge in [0.25, 0.3) is 0 Å². The molecule has 0 heterocycles. The Kier molecular flexibility index (Phi) is 8.09. The molecule has 33 heavy (non-hydrogen) atoms. The molecule has 1 aliphatic carbocycles. The second kappa shape index (κ2) is 11.0. The lowest BCUT2D eigenvalue weighted by Gasteiger charge is -2.22. The minimum atomic E-state index is -1.07. The zero-order valence-electron chi connectivity index (χ0n) is 19.3. The van der Waals surface area contributed by atoms with Crippen LogP contribution in [-0.2, 0) is 14.3 Å². The predicted molar refractivity (Wildman–Crippen MR) is 126 cm³/mol. The third-order valence-electron chi connectivity index (χ3n) is 5.98. The molecule has 0 unspecified atom stereocenters. The first-order chi connectivity index (χ1) is 15.8. The van der Waals surface area contributed by atoms with E-state index in [2.05, 4.69) is 34.9 Å². The van der Waals surface area contributed by atoms with Gasteiger partial charge in [-0.25, -0.2) is 9.59 Å². The van der Waals surface area contributed by atoms with Crippen LogP contribution >= 0.6 is 0 Å². The SMILES string of the molecule is CCC[C@@H](CC(=O)N[C@@H](C(=O)O)C(C)C)NC(=O)OCC1c2ccccc2-c2ccccc21. The third kappa shape index (κ3) is 5.92. The summed E-state index contributed by atoms with van der Waals surface area (Å²) in [5.41, 5.74) is 4.57. The average Bonchev–Trinajstić information content (AvgIpc) is 3.09. The van der Waals surface area contributed by atoms with Crippen LogP contribution in [0.3, 0.4) is 0 Å². The molecule has 0 saturated carbocycles. The molecule has 7 heteroatoms. The lowest BCUT2D eigenvalue weighted by molar-refractivity contribution is -0.143. The molecule has 0 bridgehead atoms. The van der Waals surface area contributed by atoms with E-state index in [0.29, 0.717) is 6.42 Å². The van der Waals surface area contributed by atoms with E-state index in [1.54, 1.807) is 13.8 Å². The number of carboxylic acids is 1. The Balaban J connectivity index is 1.59. The van der Waals surface area contributed by atoms with Crippen molar-refractivity contribution < 1.29 is 24.2 Å². The van der Waals surface area contributed by atoms with Gasteiger partial charge in [0.2, 0.25) is 5.91 Å². The van der Waals surface area contributed by atoms with Gasteiger partial charge < -0.3 is 20.5 Å². The molecule has 3 N–H and O–H groups in total. The minimum absolute atomic E-state index is 0.00542. The van der Waals surface area contributed by atoms with Crippen molar-refractivity contribution in [2.75, 3.05) is 6.61 Å². The van der Waals surface area contributed by atoms with Gasteiger partial charge in [-0.05, 0) is 34.6 Å². The summed E-state index contributed by atoms with van der Waals surface area (Å²) < 4.78 is 5.58. The third-order valence-corrected chi connectivity index (χ3v) is 5.98. The molecule has 2 aromatic rings. The Labute approximate surface area is 194 Å². The summed E-state index contributed by atoms with van der Waals surface area (Å²) in [7, 11) is 0. The lowest BCUT2D eigenvalue weighted by Crippen LogP contribution is -2.47. The standard InChI is InChI=1S/C26H32N2O5/c1-4-9-17(14-23(29)28-24(16(2)3)25(30)31)27-26(32)33-15-22-20-12-7-5-10-18(20)19-11-6-8-13-21(19)22/h5-8,10-13,16-17,22,24H,4,9,14-15H2,1-3H3,(H,27,32)(H,28,29)(H,30,31)/t17-,24+/m0/s1. The fourth-order valence-electron chi connectivity index (χ4n) is 4.35. The molecular formula is C26H32N2O5. The van der Waals surface area contributed by atoms with Crippen molar-refractivity contribution in [1.29, 1.82) is 0 Å². The van der Waals surface area contributed by atoms with E-state index in [-0.39, 0.29) is 24.9 Å². The Morgan fingerprint density at radius 2 is 1.55 bits per heavy atom. The molecule has 0 spiro atoms. The number of hydrogen-bond donors (Lipinski definition) is 3. The second-order valence-electron chi connectivity index (χ2n) is 8.79. The monoisotopic (exact) mass is 452 g/mol. The van der Waals surface area contributed by atoms with Crippen LogP contribution in [0.5, 0.6) is 0 Å². The Hall–Kier alpha value is -3.35. The number of nitrogens with one attached hydrogen (secondary N) is 2. The molecule has 2 aromatic carbocycles. The highest BCUT2D eigenvalue weighted by molar-refractivity contribution is 5.84. The number of amides is 2. The normalized spacial score (nSPS) is 14.2. The maximum atomic E-state index is 12.6. The first-order valence-corrected chi connectivity index (χ1v) is 11.5. The molecule has 0 saturated heterocycles. The van der Waals surface area contributed by atoms with Crippen molar-refractivity contribution >= 4 is 18.0 Å². The minimum Gasteiger partial charge on any atom is -0.480 e. The molecule has 176 valence electrons. The zero-order chi connectivity index (χ0) is 24.0. The lowest BCUT2D eigenvalue weighted by atomic mass is 9.98. The largest absolute Gasteiger partial charge is 0.480 e. The van der Waals surface area contributed by atoms with Crippen molar-refractivity contribution in [3.8, 4) is 11.1 Å². The predicted octanol–water partition coefficient (Wildman–Crippen LogP) is 4.31. The summed E-state index contributed by atoms with van der Waals surface area (Å²) in [6.07, 6.45) is 0.751. The first-order valence-electron chi connectivity index (χ1n) is 11.5.